The van der Waals surface area contributed by atoms with Gasteiger partial charge in [-0.25, -0.2) is 0 Å². The quantitative estimate of drug-likeness (QED) is 0.642. The van der Waals surface area contributed by atoms with Crippen LogP contribution >= 0.6 is 23.5 Å². The summed E-state index contributed by atoms with van der Waals surface area (Å²) < 4.78 is 0. The van der Waals surface area contributed by atoms with Gasteiger partial charge in [0.15, 0.2) is 0 Å². The van der Waals surface area contributed by atoms with E-state index in [0.717, 1.165) is 29.3 Å². The van der Waals surface area contributed by atoms with E-state index in [4.69, 9.17) is 0 Å². The van der Waals surface area contributed by atoms with Gasteiger partial charge in [0.2, 0.25) is 11.8 Å². The van der Waals surface area contributed by atoms with E-state index in [1.807, 2.05) is 0 Å². The predicted molar refractivity (Wildman–Crippen MR) is 87.3 cm³/mol. The molecule has 21 heavy (non-hydrogen) atoms. The van der Waals surface area contributed by atoms with Crippen molar-refractivity contribution in [1.29, 1.82) is 0 Å². The van der Waals surface area contributed by atoms with Crippen LogP contribution in [0.1, 0.15) is 39.0 Å². The molecule has 4 fully saturated rings. The Bertz CT molecular complexity index is 483. The van der Waals surface area contributed by atoms with E-state index >= 15 is 0 Å². The van der Waals surface area contributed by atoms with E-state index < -0.39 is 0 Å². The highest BCUT2D eigenvalue weighted by molar-refractivity contribution is 8.08. The second-order valence-corrected chi connectivity index (χ2v) is 10.2. The summed E-state index contributed by atoms with van der Waals surface area (Å²) in [6.07, 6.45) is 5.90. The van der Waals surface area contributed by atoms with Crippen molar-refractivity contribution in [3.05, 3.63) is 0 Å². The first kappa shape index (κ1) is 14.4. The van der Waals surface area contributed by atoms with E-state index in [-0.39, 0.29) is 23.7 Å². The normalized spacial score (nSPS) is 49.6. The minimum atomic E-state index is -0.0191. The van der Waals surface area contributed by atoms with Crippen molar-refractivity contribution in [2.45, 2.75) is 60.0 Å². The molecular formula is C16H23NO2S2. The molecule has 4 rings (SSSR count). The van der Waals surface area contributed by atoms with Gasteiger partial charge in [0.25, 0.3) is 0 Å². The van der Waals surface area contributed by atoms with Gasteiger partial charge >= 0.3 is 0 Å². The van der Waals surface area contributed by atoms with Crippen molar-refractivity contribution < 1.29 is 9.59 Å². The van der Waals surface area contributed by atoms with Crippen LogP contribution in [0.15, 0.2) is 0 Å². The molecule has 0 spiro atoms. The van der Waals surface area contributed by atoms with Crippen molar-refractivity contribution in [3.8, 4) is 0 Å². The van der Waals surface area contributed by atoms with Crippen molar-refractivity contribution in [2.24, 2.45) is 17.8 Å². The van der Waals surface area contributed by atoms with Crippen LogP contribution in [-0.2, 0) is 9.59 Å². The smallest absolute Gasteiger partial charge is 0.232 e. The maximum Gasteiger partial charge on any atom is 0.232 e. The van der Waals surface area contributed by atoms with Crippen LogP contribution in [0.4, 0.5) is 0 Å². The summed E-state index contributed by atoms with van der Waals surface area (Å²) in [4.78, 5) is 25.9. The van der Waals surface area contributed by atoms with Gasteiger partial charge in [-0.15, -0.1) is 0 Å². The Labute approximate surface area is 135 Å². The minimum absolute atomic E-state index is 0.0177. The van der Waals surface area contributed by atoms with Gasteiger partial charge in [0.05, 0.1) is 11.8 Å². The number of amides is 2. The van der Waals surface area contributed by atoms with Gasteiger partial charge in [-0.2, -0.15) is 23.5 Å². The van der Waals surface area contributed by atoms with Gasteiger partial charge in [-0.05, 0) is 38.0 Å². The summed E-state index contributed by atoms with van der Waals surface area (Å²) in [6.45, 7) is 2.37. The van der Waals surface area contributed by atoms with Crippen LogP contribution in [0.5, 0.6) is 0 Å². The fraction of sp³-hybridized carbons (Fsp3) is 0.875. The van der Waals surface area contributed by atoms with E-state index in [0.29, 0.717) is 10.5 Å². The van der Waals surface area contributed by atoms with Crippen molar-refractivity contribution in [3.63, 3.8) is 0 Å². The predicted octanol–water partition coefficient (Wildman–Crippen LogP) is 2.79. The molecule has 2 aliphatic heterocycles. The number of hydrogen-bond donors (Lipinski definition) is 0. The lowest BCUT2D eigenvalue weighted by atomic mass is 9.80. The number of nitrogens with zero attached hydrogens (tertiary/aromatic N) is 1. The van der Waals surface area contributed by atoms with Crippen LogP contribution in [0, 0.1) is 17.8 Å². The number of thioether (sulfide) groups is 2. The summed E-state index contributed by atoms with van der Waals surface area (Å²) in [5.41, 5.74) is 0. The molecule has 0 radical (unpaired) electrons. The van der Waals surface area contributed by atoms with Crippen molar-refractivity contribution >= 4 is 35.3 Å². The molecule has 4 aliphatic rings. The summed E-state index contributed by atoms with van der Waals surface area (Å²) in [6, 6.07) is 0. The standard InChI is InChI=1S/C16H23NO2S2/c1-8-3-4-11-12(5-8)21-14-7-10-9(6-13(14)20-11)15(18)17(2)16(10)19/h8-14H,3-7H2,1-2H3. The Morgan fingerprint density at radius 1 is 0.857 bits per heavy atom. The molecule has 3 nitrogen and oxygen atoms in total. The molecule has 2 saturated heterocycles. The first-order valence-corrected chi connectivity index (χ1v) is 10.1. The molecule has 2 heterocycles. The lowest BCUT2D eigenvalue weighted by molar-refractivity contribution is -0.138. The molecule has 2 saturated carbocycles. The fourth-order valence-corrected chi connectivity index (χ4v) is 8.81. The molecule has 2 aliphatic carbocycles. The Kier molecular flexibility index (Phi) is 3.57. The molecule has 5 heteroatoms. The van der Waals surface area contributed by atoms with Crippen LogP contribution in [0.3, 0.4) is 0 Å². The van der Waals surface area contributed by atoms with E-state index in [2.05, 4.69) is 30.4 Å². The van der Waals surface area contributed by atoms with Crippen LogP contribution in [-0.4, -0.2) is 44.8 Å². The zero-order valence-corrected chi connectivity index (χ0v) is 14.3. The Hall–Kier alpha value is -0.160. The third-order valence-corrected chi connectivity index (χ3v) is 9.73. The molecule has 2 amide bonds. The second kappa shape index (κ2) is 5.19. The molecule has 0 bridgehead atoms. The van der Waals surface area contributed by atoms with E-state index in [1.165, 1.54) is 24.2 Å². The van der Waals surface area contributed by atoms with Crippen molar-refractivity contribution in [2.75, 3.05) is 7.05 Å². The number of rotatable bonds is 0. The monoisotopic (exact) mass is 325 g/mol. The zero-order valence-electron chi connectivity index (χ0n) is 12.7. The molecule has 0 aromatic rings. The lowest BCUT2D eigenvalue weighted by Crippen LogP contribution is -2.45. The number of imide groups is 1. The molecule has 116 valence electrons. The Morgan fingerprint density at radius 3 is 2.00 bits per heavy atom. The highest BCUT2D eigenvalue weighted by atomic mass is 32.2. The molecular weight excluding hydrogens is 302 g/mol. The van der Waals surface area contributed by atoms with Gasteiger partial charge in [0, 0.05) is 28.0 Å². The van der Waals surface area contributed by atoms with Crippen LogP contribution < -0.4 is 0 Å². The maximum atomic E-state index is 12.2. The molecule has 0 aromatic carbocycles. The van der Waals surface area contributed by atoms with Gasteiger partial charge in [-0.1, -0.05) is 6.92 Å². The van der Waals surface area contributed by atoms with Gasteiger partial charge < -0.3 is 0 Å². The number of hydrogen-bond acceptors (Lipinski definition) is 4. The van der Waals surface area contributed by atoms with Crippen LogP contribution in [0.2, 0.25) is 0 Å². The topological polar surface area (TPSA) is 37.4 Å². The van der Waals surface area contributed by atoms with Gasteiger partial charge in [0.1, 0.15) is 0 Å². The molecule has 7 atom stereocenters. The highest BCUT2D eigenvalue weighted by Crippen LogP contribution is 2.55. The summed E-state index contributed by atoms with van der Waals surface area (Å²) in [7, 11) is 1.66. The minimum Gasteiger partial charge on any atom is -0.285 e. The third-order valence-electron chi connectivity index (χ3n) is 5.86. The largest absolute Gasteiger partial charge is 0.285 e. The number of carbonyl (C=O) groups excluding carboxylic acids is 2. The number of fused-ring (bicyclic) bond motifs is 3. The van der Waals surface area contributed by atoms with Gasteiger partial charge in [-0.3, -0.25) is 14.5 Å². The SMILES string of the molecule is CC1CCC2SC3CC4C(=O)N(C)C(=O)C4CC3SC2C1. The van der Waals surface area contributed by atoms with E-state index in [1.54, 1.807) is 7.05 Å². The third kappa shape index (κ3) is 2.26. The Balaban J connectivity index is 1.52. The van der Waals surface area contributed by atoms with Crippen LogP contribution in [0.25, 0.3) is 0 Å². The molecule has 7 unspecified atom stereocenters. The zero-order chi connectivity index (χ0) is 14.7. The first-order chi connectivity index (χ1) is 10.0. The van der Waals surface area contributed by atoms with E-state index in [9.17, 15) is 9.59 Å². The Morgan fingerprint density at radius 2 is 1.38 bits per heavy atom. The molecule has 0 aromatic heterocycles. The highest BCUT2D eigenvalue weighted by Gasteiger charge is 2.54. The molecule has 0 N–H and O–H groups in total. The summed E-state index contributed by atoms with van der Waals surface area (Å²) in [5, 5.41) is 2.75. The summed E-state index contributed by atoms with van der Waals surface area (Å²) in [5.74, 6) is 0.972. The van der Waals surface area contributed by atoms with Crippen molar-refractivity contribution in [1.82, 2.24) is 4.90 Å². The second-order valence-electron chi connectivity index (χ2n) is 7.26. The number of carbonyl (C=O) groups is 2. The lowest BCUT2D eigenvalue weighted by Gasteiger charge is -2.47. The summed E-state index contributed by atoms with van der Waals surface area (Å²) >= 11 is 4.31. The average molecular weight is 325 g/mol. The fourth-order valence-electron chi connectivity index (χ4n) is 4.62. The average Bonchev–Trinajstić information content (AvgIpc) is 2.68. The number of likely N-dealkylation sites (tertiary alicyclic amines) is 1. The first-order valence-electron chi connectivity index (χ1n) is 8.17. The maximum absolute atomic E-state index is 12.2.